The number of hydrogen-bond donors (Lipinski definition) is 1. The number of carbonyl (C=O) groups excluding carboxylic acids is 2. The van der Waals surface area contributed by atoms with Crippen LogP contribution in [-0.2, 0) is 0 Å². The number of amides is 1. The SMILES string of the molecule is COc1cc(C(N)=O)ccc1OC(=O)c1ccccc1. The highest BCUT2D eigenvalue weighted by Gasteiger charge is 2.13. The fraction of sp³-hybridized carbons (Fsp3) is 0.0667. The number of methoxy groups -OCH3 is 1. The van der Waals surface area contributed by atoms with E-state index in [0.717, 1.165) is 0 Å². The normalized spacial score (nSPS) is 9.85. The number of benzene rings is 2. The molecule has 0 spiro atoms. The van der Waals surface area contributed by atoms with E-state index in [1.54, 1.807) is 30.3 Å². The summed E-state index contributed by atoms with van der Waals surface area (Å²) in [4.78, 5) is 23.0. The summed E-state index contributed by atoms with van der Waals surface area (Å²) in [6.07, 6.45) is 0. The van der Waals surface area contributed by atoms with Gasteiger partial charge in [0, 0.05) is 5.56 Å². The zero-order chi connectivity index (χ0) is 14.5. The van der Waals surface area contributed by atoms with Crippen molar-refractivity contribution in [2.24, 2.45) is 5.73 Å². The highest BCUT2D eigenvalue weighted by molar-refractivity contribution is 5.94. The maximum atomic E-state index is 11.9. The van der Waals surface area contributed by atoms with Gasteiger partial charge in [-0.15, -0.1) is 0 Å². The molecule has 0 bridgehead atoms. The second-order valence-corrected chi connectivity index (χ2v) is 3.99. The van der Waals surface area contributed by atoms with Crippen molar-refractivity contribution in [2.75, 3.05) is 7.11 Å². The summed E-state index contributed by atoms with van der Waals surface area (Å²) >= 11 is 0. The number of nitrogens with two attached hydrogens (primary N) is 1. The van der Waals surface area contributed by atoms with Crippen LogP contribution >= 0.6 is 0 Å². The van der Waals surface area contributed by atoms with E-state index >= 15 is 0 Å². The van der Waals surface area contributed by atoms with Gasteiger partial charge in [-0.1, -0.05) is 18.2 Å². The molecule has 0 atom stereocenters. The number of primary amides is 1. The molecule has 5 heteroatoms. The van der Waals surface area contributed by atoms with E-state index in [9.17, 15) is 9.59 Å². The highest BCUT2D eigenvalue weighted by Crippen LogP contribution is 2.28. The van der Waals surface area contributed by atoms with E-state index in [0.29, 0.717) is 5.56 Å². The van der Waals surface area contributed by atoms with Crippen LogP contribution in [-0.4, -0.2) is 19.0 Å². The fourth-order valence-corrected chi connectivity index (χ4v) is 1.64. The van der Waals surface area contributed by atoms with Gasteiger partial charge in [0.05, 0.1) is 12.7 Å². The Morgan fingerprint density at radius 2 is 1.65 bits per heavy atom. The van der Waals surface area contributed by atoms with E-state index in [-0.39, 0.29) is 17.1 Å². The molecule has 0 aliphatic carbocycles. The molecule has 0 radical (unpaired) electrons. The lowest BCUT2D eigenvalue weighted by atomic mass is 10.2. The lowest BCUT2D eigenvalue weighted by molar-refractivity contribution is 0.0729. The van der Waals surface area contributed by atoms with Crippen molar-refractivity contribution >= 4 is 11.9 Å². The first kappa shape index (κ1) is 13.6. The number of rotatable bonds is 4. The number of esters is 1. The number of carbonyl (C=O) groups is 2. The Balaban J connectivity index is 2.25. The lowest BCUT2D eigenvalue weighted by Gasteiger charge is -2.10. The predicted molar refractivity (Wildman–Crippen MR) is 72.9 cm³/mol. The van der Waals surface area contributed by atoms with Crippen molar-refractivity contribution in [3.63, 3.8) is 0 Å². The van der Waals surface area contributed by atoms with Gasteiger partial charge in [0.25, 0.3) is 0 Å². The molecule has 0 aromatic heterocycles. The van der Waals surface area contributed by atoms with Gasteiger partial charge < -0.3 is 15.2 Å². The Hall–Kier alpha value is -2.82. The van der Waals surface area contributed by atoms with Crippen molar-refractivity contribution in [3.8, 4) is 11.5 Å². The maximum absolute atomic E-state index is 11.9. The summed E-state index contributed by atoms with van der Waals surface area (Å²) in [5.74, 6) is -0.586. The van der Waals surface area contributed by atoms with Gasteiger partial charge in [-0.05, 0) is 30.3 Å². The minimum Gasteiger partial charge on any atom is -0.493 e. The third-order valence-electron chi connectivity index (χ3n) is 2.66. The van der Waals surface area contributed by atoms with E-state index in [1.165, 1.54) is 25.3 Å². The summed E-state index contributed by atoms with van der Waals surface area (Å²) in [6.45, 7) is 0. The quantitative estimate of drug-likeness (QED) is 0.681. The molecule has 20 heavy (non-hydrogen) atoms. The smallest absolute Gasteiger partial charge is 0.343 e. The Labute approximate surface area is 115 Å². The van der Waals surface area contributed by atoms with E-state index < -0.39 is 11.9 Å². The van der Waals surface area contributed by atoms with Gasteiger partial charge in [0.2, 0.25) is 5.91 Å². The molecule has 0 aliphatic heterocycles. The Morgan fingerprint density at radius 3 is 2.25 bits per heavy atom. The van der Waals surface area contributed by atoms with Crippen molar-refractivity contribution in [1.82, 2.24) is 0 Å². The summed E-state index contributed by atoms with van der Waals surface area (Å²) in [5.41, 5.74) is 5.88. The van der Waals surface area contributed by atoms with Crippen LogP contribution in [0.25, 0.3) is 0 Å². The van der Waals surface area contributed by atoms with Crippen LogP contribution in [0.5, 0.6) is 11.5 Å². The number of ether oxygens (including phenoxy) is 2. The molecule has 0 saturated carbocycles. The van der Waals surface area contributed by atoms with Crippen molar-refractivity contribution in [1.29, 1.82) is 0 Å². The highest BCUT2D eigenvalue weighted by atomic mass is 16.6. The molecule has 2 aromatic rings. The molecule has 0 unspecified atom stereocenters. The molecule has 0 heterocycles. The van der Waals surface area contributed by atoms with E-state index in [2.05, 4.69) is 0 Å². The molecule has 0 fully saturated rings. The topological polar surface area (TPSA) is 78.6 Å². The summed E-state index contributed by atoms with van der Waals surface area (Å²) in [5, 5.41) is 0. The monoisotopic (exact) mass is 271 g/mol. The van der Waals surface area contributed by atoms with Crippen LogP contribution in [0.3, 0.4) is 0 Å². The van der Waals surface area contributed by atoms with Crippen LogP contribution in [0, 0.1) is 0 Å². The molecule has 5 nitrogen and oxygen atoms in total. The summed E-state index contributed by atoms with van der Waals surface area (Å²) < 4.78 is 10.3. The van der Waals surface area contributed by atoms with Gasteiger partial charge in [-0.25, -0.2) is 4.79 Å². The molecule has 102 valence electrons. The lowest BCUT2D eigenvalue weighted by Crippen LogP contribution is -2.12. The fourth-order valence-electron chi connectivity index (χ4n) is 1.64. The van der Waals surface area contributed by atoms with Crippen LogP contribution in [0.2, 0.25) is 0 Å². The largest absolute Gasteiger partial charge is 0.493 e. The zero-order valence-electron chi connectivity index (χ0n) is 10.8. The summed E-state index contributed by atoms with van der Waals surface area (Å²) in [7, 11) is 1.42. The van der Waals surface area contributed by atoms with Crippen molar-refractivity contribution in [2.45, 2.75) is 0 Å². The second-order valence-electron chi connectivity index (χ2n) is 3.99. The van der Waals surface area contributed by atoms with Crippen molar-refractivity contribution < 1.29 is 19.1 Å². The van der Waals surface area contributed by atoms with Crippen LogP contribution in [0.15, 0.2) is 48.5 Å². The van der Waals surface area contributed by atoms with E-state index in [4.69, 9.17) is 15.2 Å². The van der Waals surface area contributed by atoms with Crippen molar-refractivity contribution in [3.05, 3.63) is 59.7 Å². The zero-order valence-corrected chi connectivity index (χ0v) is 10.8. The third kappa shape index (κ3) is 2.95. The van der Waals surface area contributed by atoms with Gasteiger partial charge in [0.15, 0.2) is 11.5 Å². The Kier molecular flexibility index (Phi) is 4.00. The van der Waals surface area contributed by atoms with E-state index in [1.807, 2.05) is 0 Å². The van der Waals surface area contributed by atoms with Crippen LogP contribution < -0.4 is 15.2 Å². The molecular weight excluding hydrogens is 258 g/mol. The average molecular weight is 271 g/mol. The first-order valence-corrected chi connectivity index (χ1v) is 5.87. The van der Waals surface area contributed by atoms with Gasteiger partial charge in [-0.2, -0.15) is 0 Å². The molecule has 0 aliphatic rings. The van der Waals surface area contributed by atoms with Gasteiger partial charge in [0.1, 0.15) is 0 Å². The second kappa shape index (κ2) is 5.88. The maximum Gasteiger partial charge on any atom is 0.343 e. The molecule has 2 N–H and O–H groups in total. The Morgan fingerprint density at radius 1 is 0.950 bits per heavy atom. The van der Waals surface area contributed by atoms with Crippen LogP contribution in [0.1, 0.15) is 20.7 Å². The van der Waals surface area contributed by atoms with Gasteiger partial charge in [-0.3, -0.25) is 4.79 Å². The first-order chi connectivity index (χ1) is 9.61. The number of hydrogen-bond acceptors (Lipinski definition) is 4. The molecular formula is C15H13NO4. The first-order valence-electron chi connectivity index (χ1n) is 5.87. The predicted octanol–water partition coefficient (Wildman–Crippen LogP) is 2.01. The Bertz CT molecular complexity index is 638. The molecule has 2 aromatic carbocycles. The van der Waals surface area contributed by atoms with Gasteiger partial charge >= 0.3 is 5.97 Å². The average Bonchev–Trinajstić information content (AvgIpc) is 2.48. The summed E-state index contributed by atoms with van der Waals surface area (Å²) in [6, 6.07) is 12.9. The molecule has 0 saturated heterocycles. The minimum absolute atomic E-state index is 0.228. The van der Waals surface area contributed by atoms with Crippen LogP contribution in [0.4, 0.5) is 0 Å². The minimum atomic E-state index is -0.579. The standard InChI is InChI=1S/C15H13NO4/c1-19-13-9-11(14(16)17)7-8-12(13)20-15(18)10-5-3-2-4-6-10/h2-9H,1H3,(H2,16,17). The molecule has 2 rings (SSSR count). The third-order valence-corrected chi connectivity index (χ3v) is 2.66. The molecule has 1 amide bonds.